The van der Waals surface area contributed by atoms with Crippen LogP contribution in [0.4, 0.5) is 0 Å². The molecule has 0 spiro atoms. The van der Waals surface area contributed by atoms with Gasteiger partial charge in [-0.3, -0.25) is 9.59 Å². The van der Waals surface area contributed by atoms with E-state index in [4.69, 9.17) is 4.74 Å². The lowest BCUT2D eigenvalue weighted by Crippen LogP contribution is -2.39. The van der Waals surface area contributed by atoms with Crippen molar-refractivity contribution < 1.29 is 24.2 Å². The zero-order valence-electron chi connectivity index (χ0n) is 13.9. The van der Waals surface area contributed by atoms with Crippen molar-refractivity contribution in [3.63, 3.8) is 0 Å². The van der Waals surface area contributed by atoms with Gasteiger partial charge in [0, 0.05) is 11.8 Å². The minimum Gasteiger partial charge on any atom is -0.510 e. The van der Waals surface area contributed by atoms with E-state index >= 15 is 0 Å². The molecular weight excluding hydrogens is 308 g/mol. The molecule has 0 saturated heterocycles. The van der Waals surface area contributed by atoms with Gasteiger partial charge < -0.3 is 9.84 Å². The Morgan fingerprint density at radius 1 is 1.25 bits per heavy atom. The van der Waals surface area contributed by atoms with Gasteiger partial charge >= 0.3 is 5.97 Å². The molecule has 1 aromatic carbocycles. The fourth-order valence-corrected chi connectivity index (χ4v) is 2.88. The first-order valence-electron chi connectivity index (χ1n) is 7.59. The Labute approximate surface area is 140 Å². The molecule has 0 fully saturated rings. The summed E-state index contributed by atoms with van der Waals surface area (Å²) in [5.41, 5.74) is -0.101. The molecule has 1 aromatic rings. The second-order valence-electron chi connectivity index (χ2n) is 6.36. The summed E-state index contributed by atoms with van der Waals surface area (Å²) in [5, 5.41) is 10.4. The number of esters is 1. The average molecular weight is 328 g/mol. The highest BCUT2D eigenvalue weighted by Crippen LogP contribution is 2.41. The number of allylic oxidation sites excluding steroid dienone is 2. The van der Waals surface area contributed by atoms with Gasteiger partial charge in [0.1, 0.15) is 11.7 Å². The van der Waals surface area contributed by atoms with Crippen LogP contribution >= 0.6 is 0 Å². The zero-order chi connectivity index (χ0) is 17.9. The van der Waals surface area contributed by atoms with Gasteiger partial charge in [-0.05, 0) is 11.6 Å². The molecule has 0 aromatic heterocycles. The molecule has 0 amide bonds. The Morgan fingerprint density at radius 3 is 2.46 bits per heavy atom. The molecule has 1 atom stereocenters. The number of carbonyl (C=O) groups excluding carboxylic acids is 3. The molecule has 5 nitrogen and oxygen atoms in total. The van der Waals surface area contributed by atoms with Crippen molar-refractivity contribution in [2.24, 2.45) is 11.3 Å². The van der Waals surface area contributed by atoms with Gasteiger partial charge in [0.2, 0.25) is 0 Å². The van der Waals surface area contributed by atoms with Crippen LogP contribution in [0.1, 0.15) is 25.8 Å². The Balaban J connectivity index is 2.37. The number of aliphatic hydroxyl groups excluding tert-OH is 1. The summed E-state index contributed by atoms with van der Waals surface area (Å²) in [4.78, 5) is 36.7. The summed E-state index contributed by atoms with van der Waals surface area (Å²) < 4.78 is 4.69. The predicted octanol–water partition coefficient (Wildman–Crippen LogP) is 2.87. The summed E-state index contributed by atoms with van der Waals surface area (Å²) in [6.45, 7) is 3.32. The van der Waals surface area contributed by atoms with E-state index in [1.807, 2.05) is 30.3 Å². The van der Waals surface area contributed by atoms with Crippen LogP contribution in [-0.4, -0.2) is 29.8 Å². The van der Waals surface area contributed by atoms with Gasteiger partial charge in [-0.15, -0.1) is 0 Å². The molecule has 0 radical (unpaired) electrons. The van der Waals surface area contributed by atoms with E-state index in [0.29, 0.717) is 0 Å². The number of methoxy groups -OCH3 is 1. The van der Waals surface area contributed by atoms with E-state index in [9.17, 15) is 19.5 Å². The molecule has 0 saturated carbocycles. The number of hydrogen-bond donors (Lipinski definition) is 1. The molecular formula is C19H20O5. The highest BCUT2D eigenvalue weighted by Gasteiger charge is 2.46. The van der Waals surface area contributed by atoms with Crippen molar-refractivity contribution >= 4 is 23.6 Å². The van der Waals surface area contributed by atoms with Crippen LogP contribution in [0.15, 0.2) is 47.7 Å². The minimum atomic E-state index is -1.35. The first-order valence-corrected chi connectivity index (χ1v) is 7.59. The molecule has 2 rings (SSSR count). The monoisotopic (exact) mass is 328 g/mol. The fourth-order valence-electron chi connectivity index (χ4n) is 2.88. The van der Waals surface area contributed by atoms with Crippen LogP contribution in [0.5, 0.6) is 0 Å². The third-order valence-electron chi connectivity index (χ3n) is 4.06. The number of aliphatic hydroxyl groups is 1. The first kappa shape index (κ1) is 17.7. The maximum atomic E-state index is 12.4. The molecule has 1 unspecified atom stereocenters. The number of rotatable bonds is 4. The van der Waals surface area contributed by atoms with Crippen molar-refractivity contribution in [1.29, 1.82) is 0 Å². The molecule has 126 valence electrons. The molecule has 5 heteroatoms. The van der Waals surface area contributed by atoms with Crippen molar-refractivity contribution in [3.05, 3.63) is 53.3 Å². The van der Waals surface area contributed by atoms with Crippen LogP contribution in [0.3, 0.4) is 0 Å². The highest BCUT2D eigenvalue weighted by atomic mass is 16.5. The number of benzene rings is 1. The van der Waals surface area contributed by atoms with Crippen molar-refractivity contribution in [3.8, 4) is 0 Å². The van der Waals surface area contributed by atoms with Gasteiger partial charge in [-0.2, -0.15) is 0 Å². The van der Waals surface area contributed by atoms with Crippen LogP contribution in [-0.2, 0) is 19.1 Å². The van der Waals surface area contributed by atoms with Gasteiger partial charge in [0.15, 0.2) is 11.6 Å². The second-order valence-corrected chi connectivity index (χ2v) is 6.36. The number of ether oxygens (including phenoxy) is 1. The second kappa shape index (κ2) is 6.83. The van der Waals surface area contributed by atoms with Crippen LogP contribution in [0.25, 0.3) is 6.08 Å². The smallest absolute Gasteiger partial charge is 0.337 e. The number of ketones is 2. The molecule has 1 aliphatic rings. The largest absolute Gasteiger partial charge is 0.510 e. The lowest BCUT2D eigenvalue weighted by atomic mass is 9.69. The Bertz CT molecular complexity index is 725. The van der Waals surface area contributed by atoms with E-state index in [0.717, 1.165) is 5.56 Å². The number of carbonyl (C=O) groups is 3. The van der Waals surface area contributed by atoms with E-state index in [1.165, 1.54) is 13.2 Å². The molecule has 24 heavy (non-hydrogen) atoms. The van der Waals surface area contributed by atoms with Gasteiger partial charge in [-0.25, -0.2) is 4.79 Å². The van der Waals surface area contributed by atoms with E-state index < -0.39 is 34.6 Å². The zero-order valence-corrected chi connectivity index (χ0v) is 13.9. The maximum Gasteiger partial charge on any atom is 0.337 e. The van der Waals surface area contributed by atoms with E-state index in [1.54, 1.807) is 19.9 Å². The molecule has 1 N–H and O–H groups in total. The number of hydrogen-bond acceptors (Lipinski definition) is 5. The standard InChI is InChI=1S/C19H20O5/c1-19(2)11-14(21)15(17(22)16(19)18(23)24-3)13(20)10-9-12-7-5-4-6-8-12/h4-10,15,22H,11H2,1-3H3. The maximum absolute atomic E-state index is 12.4. The molecule has 0 bridgehead atoms. The summed E-state index contributed by atoms with van der Waals surface area (Å²) in [5.74, 6) is -3.56. The van der Waals surface area contributed by atoms with Crippen molar-refractivity contribution in [2.75, 3.05) is 7.11 Å². The predicted molar refractivity (Wildman–Crippen MR) is 89.0 cm³/mol. The van der Waals surface area contributed by atoms with Gasteiger partial charge in [-0.1, -0.05) is 50.3 Å². The summed E-state index contributed by atoms with van der Waals surface area (Å²) in [6.07, 6.45) is 2.80. The third kappa shape index (κ3) is 3.45. The molecule has 0 heterocycles. The SMILES string of the molecule is COC(=O)C1=C(O)C(C(=O)C=Cc2ccccc2)C(=O)CC1(C)C. The summed E-state index contributed by atoms with van der Waals surface area (Å²) in [6, 6.07) is 9.12. The van der Waals surface area contributed by atoms with Crippen LogP contribution < -0.4 is 0 Å². The quantitative estimate of drug-likeness (QED) is 0.522. The summed E-state index contributed by atoms with van der Waals surface area (Å²) >= 11 is 0. The average Bonchev–Trinajstić information content (AvgIpc) is 2.52. The van der Waals surface area contributed by atoms with Crippen molar-refractivity contribution in [2.45, 2.75) is 20.3 Å². The van der Waals surface area contributed by atoms with E-state index in [2.05, 4.69) is 0 Å². The highest BCUT2D eigenvalue weighted by molar-refractivity contribution is 6.13. The molecule has 1 aliphatic carbocycles. The number of Topliss-reactive ketones (excluding diaryl/α,β-unsaturated/α-hetero) is 1. The summed E-state index contributed by atoms with van der Waals surface area (Å²) in [7, 11) is 1.20. The third-order valence-corrected chi connectivity index (χ3v) is 4.06. The topological polar surface area (TPSA) is 80.7 Å². The Kier molecular flexibility index (Phi) is 5.02. The van der Waals surface area contributed by atoms with Crippen molar-refractivity contribution in [1.82, 2.24) is 0 Å². The molecule has 0 aliphatic heterocycles. The Morgan fingerprint density at radius 2 is 1.88 bits per heavy atom. The minimum absolute atomic E-state index is 0.0168. The van der Waals surface area contributed by atoms with Crippen LogP contribution in [0.2, 0.25) is 0 Å². The normalized spacial score (nSPS) is 20.3. The lowest BCUT2D eigenvalue weighted by Gasteiger charge is -2.33. The fraction of sp³-hybridized carbons (Fsp3) is 0.316. The lowest BCUT2D eigenvalue weighted by molar-refractivity contribution is -0.139. The van der Waals surface area contributed by atoms with Crippen LogP contribution in [0, 0.1) is 11.3 Å². The van der Waals surface area contributed by atoms with Gasteiger partial charge in [0.25, 0.3) is 0 Å². The van der Waals surface area contributed by atoms with E-state index in [-0.39, 0.29) is 12.0 Å². The Hall–Kier alpha value is -2.69. The van der Waals surface area contributed by atoms with Gasteiger partial charge in [0.05, 0.1) is 12.7 Å². The first-order chi connectivity index (χ1) is 11.3.